The van der Waals surface area contributed by atoms with Gasteiger partial charge in [0.1, 0.15) is 5.76 Å². The van der Waals surface area contributed by atoms with Crippen molar-refractivity contribution in [2.45, 2.75) is 34.0 Å². The zero-order valence-electron chi connectivity index (χ0n) is 8.70. The molecular weight excluding hydrogens is 188 g/mol. The standard InChI is InChI=1S/C9H14O5/c1-5-6(2)12-9(11)14-8(4)13-7(3)10/h5,8H,1-4H3/b6-5-. The van der Waals surface area contributed by atoms with Gasteiger partial charge in [0.25, 0.3) is 0 Å². The minimum atomic E-state index is -0.940. The van der Waals surface area contributed by atoms with Gasteiger partial charge in [-0.3, -0.25) is 4.79 Å². The van der Waals surface area contributed by atoms with E-state index >= 15 is 0 Å². The van der Waals surface area contributed by atoms with E-state index in [0.29, 0.717) is 5.76 Å². The fourth-order valence-electron chi connectivity index (χ4n) is 0.608. The van der Waals surface area contributed by atoms with Crippen LogP contribution in [0.3, 0.4) is 0 Å². The zero-order chi connectivity index (χ0) is 11.1. The summed E-state index contributed by atoms with van der Waals surface area (Å²) in [7, 11) is 0. The second-order valence-corrected chi connectivity index (χ2v) is 2.55. The second kappa shape index (κ2) is 6.01. The van der Waals surface area contributed by atoms with E-state index in [1.165, 1.54) is 13.8 Å². The van der Waals surface area contributed by atoms with Crippen molar-refractivity contribution in [3.63, 3.8) is 0 Å². The van der Waals surface area contributed by atoms with Crippen LogP contribution in [0.1, 0.15) is 27.7 Å². The van der Waals surface area contributed by atoms with Crippen LogP contribution < -0.4 is 0 Å². The van der Waals surface area contributed by atoms with Gasteiger partial charge in [-0.25, -0.2) is 4.79 Å². The topological polar surface area (TPSA) is 61.8 Å². The van der Waals surface area contributed by atoms with Crippen LogP contribution in [0.15, 0.2) is 11.8 Å². The molecular formula is C9H14O5. The maximum absolute atomic E-state index is 10.9. The summed E-state index contributed by atoms with van der Waals surface area (Å²) in [5.41, 5.74) is 0. The molecule has 1 unspecified atom stereocenters. The summed E-state index contributed by atoms with van der Waals surface area (Å²) in [6.45, 7) is 5.98. The van der Waals surface area contributed by atoms with Gasteiger partial charge in [0.2, 0.25) is 6.29 Å². The first kappa shape index (κ1) is 12.5. The summed E-state index contributed by atoms with van der Waals surface area (Å²) in [4.78, 5) is 21.4. The molecule has 0 aromatic carbocycles. The highest BCUT2D eigenvalue weighted by atomic mass is 16.8. The van der Waals surface area contributed by atoms with Gasteiger partial charge in [-0.05, 0) is 19.9 Å². The molecule has 0 spiro atoms. The smallest absolute Gasteiger partial charge is 0.426 e. The number of allylic oxidation sites excluding steroid dienone is 2. The Morgan fingerprint density at radius 1 is 1.21 bits per heavy atom. The lowest BCUT2D eigenvalue weighted by atomic mass is 10.5. The highest BCUT2D eigenvalue weighted by molar-refractivity contribution is 5.66. The molecule has 0 aromatic heterocycles. The SMILES string of the molecule is C/C=C(/C)OC(=O)OC(C)OC(C)=O. The van der Waals surface area contributed by atoms with Gasteiger partial charge in [0.15, 0.2) is 0 Å². The van der Waals surface area contributed by atoms with Crippen molar-refractivity contribution in [1.82, 2.24) is 0 Å². The maximum Gasteiger partial charge on any atom is 0.516 e. The third-order valence-corrected chi connectivity index (χ3v) is 1.24. The van der Waals surface area contributed by atoms with E-state index in [1.807, 2.05) is 0 Å². The molecule has 80 valence electrons. The third-order valence-electron chi connectivity index (χ3n) is 1.24. The zero-order valence-corrected chi connectivity index (χ0v) is 8.70. The maximum atomic E-state index is 10.9. The average molecular weight is 202 g/mol. The number of hydrogen-bond acceptors (Lipinski definition) is 5. The van der Waals surface area contributed by atoms with Crippen LogP contribution in [0.25, 0.3) is 0 Å². The summed E-state index contributed by atoms with van der Waals surface area (Å²) in [5.74, 6) is -0.0990. The van der Waals surface area contributed by atoms with Crippen LogP contribution >= 0.6 is 0 Å². The minimum Gasteiger partial charge on any atom is -0.426 e. The molecule has 0 aliphatic carbocycles. The molecule has 0 aliphatic heterocycles. The van der Waals surface area contributed by atoms with Crippen molar-refractivity contribution in [2.24, 2.45) is 0 Å². The molecule has 0 radical (unpaired) electrons. The molecule has 0 N–H and O–H groups in total. The van der Waals surface area contributed by atoms with Crippen molar-refractivity contribution < 1.29 is 23.8 Å². The number of carbonyl (C=O) groups excluding carboxylic acids is 2. The molecule has 0 heterocycles. The fraction of sp³-hybridized carbons (Fsp3) is 0.556. The number of carbonyl (C=O) groups is 2. The Bertz CT molecular complexity index is 244. The predicted octanol–water partition coefficient (Wildman–Crippen LogP) is 1.97. The fourth-order valence-corrected chi connectivity index (χ4v) is 0.608. The quantitative estimate of drug-likeness (QED) is 0.397. The van der Waals surface area contributed by atoms with E-state index in [2.05, 4.69) is 14.2 Å². The van der Waals surface area contributed by atoms with E-state index in [4.69, 9.17) is 0 Å². The molecule has 5 heteroatoms. The number of ether oxygens (including phenoxy) is 3. The Labute approximate surface area is 82.6 Å². The van der Waals surface area contributed by atoms with E-state index in [1.54, 1.807) is 19.9 Å². The van der Waals surface area contributed by atoms with Gasteiger partial charge in [0.05, 0.1) is 0 Å². The molecule has 0 amide bonds. The lowest BCUT2D eigenvalue weighted by Crippen LogP contribution is -2.20. The predicted molar refractivity (Wildman–Crippen MR) is 48.2 cm³/mol. The normalized spacial score (nSPS) is 13.0. The molecule has 0 bridgehead atoms. The molecule has 0 saturated heterocycles. The summed E-state index contributed by atoms with van der Waals surface area (Å²) in [6, 6.07) is 0. The summed E-state index contributed by atoms with van der Waals surface area (Å²) >= 11 is 0. The summed E-state index contributed by atoms with van der Waals surface area (Å²) in [5, 5.41) is 0. The Balaban J connectivity index is 3.88. The van der Waals surface area contributed by atoms with E-state index in [-0.39, 0.29) is 0 Å². The van der Waals surface area contributed by atoms with Gasteiger partial charge in [0, 0.05) is 13.8 Å². The molecule has 1 atom stereocenters. The van der Waals surface area contributed by atoms with Gasteiger partial charge in [-0.15, -0.1) is 0 Å². The third kappa shape index (κ3) is 6.05. The monoisotopic (exact) mass is 202 g/mol. The van der Waals surface area contributed by atoms with Gasteiger partial charge in [-0.1, -0.05) is 0 Å². The first-order valence-corrected chi connectivity index (χ1v) is 4.14. The minimum absolute atomic E-state index is 0.421. The van der Waals surface area contributed by atoms with Crippen molar-refractivity contribution in [2.75, 3.05) is 0 Å². The van der Waals surface area contributed by atoms with E-state index in [9.17, 15) is 9.59 Å². The van der Waals surface area contributed by atoms with Crippen molar-refractivity contribution >= 4 is 12.1 Å². The highest BCUT2D eigenvalue weighted by Gasteiger charge is 2.12. The summed E-state index contributed by atoms with van der Waals surface area (Å²) < 4.78 is 13.8. The molecule has 0 rings (SSSR count). The highest BCUT2D eigenvalue weighted by Crippen LogP contribution is 2.01. The first-order chi connectivity index (χ1) is 6.45. The number of esters is 1. The van der Waals surface area contributed by atoms with E-state index in [0.717, 1.165) is 0 Å². The largest absolute Gasteiger partial charge is 0.516 e. The van der Waals surface area contributed by atoms with Crippen LogP contribution in [0.5, 0.6) is 0 Å². The van der Waals surface area contributed by atoms with Crippen LogP contribution in [0.4, 0.5) is 4.79 Å². The second-order valence-electron chi connectivity index (χ2n) is 2.55. The van der Waals surface area contributed by atoms with Gasteiger partial charge < -0.3 is 14.2 Å². The van der Waals surface area contributed by atoms with Gasteiger partial charge in [-0.2, -0.15) is 0 Å². The average Bonchev–Trinajstić information content (AvgIpc) is 2.01. The molecule has 0 fully saturated rings. The van der Waals surface area contributed by atoms with Crippen LogP contribution in [0, 0.1) is 0 Å². The van der Waals surface area contributed by atoms with Crippen LogP contribution in [0.2, 0.25) is 0 Å². The first-order valence-electron chi connectivity index (χ1n) is 4.14. The lowest BCUT2D eigenvalue weighted by Gasteiger charge is -2.12. The molecule has 0 aromatic rings. The Hall–Kier alpha value is -1.52. The summed E-state index contributed by atoms with van der Waals surface area (Å²) in [6.07, 6.45) is -0.225. The van der Waals surface area contributed by atoms with Crippen molar-refractivity contribution in [3.8, 4) is 0 Å². The molecule has 5 nitrogen and oxygen atoms in total. The van der Waals surface area contributed by atoms with Crippen molar-refractivity contribution in [1.29, 1.82) is 0 Å². The Morgan fingerprint density at radius 3 is 2.21 bits per heavy atom. The molecule has 0 aliphatic rings. The number of hydrogen-bond donors (Lipinski definition) is 0. The number of rotatable bonds is 3. The Morgan fingerprint density at radius 2 is 1.79 bits per heavy atom. The van der Waals surface area contributed by atoms with Crippen molar-refractivity contribution in [3.05, 3.63) is 11.8 Å². The van der Waals surface area contributed by atoms with Gasteiger partial charge >= 0.3 is 12.1 Å². The molecule has 14 heavy (non-hydrogen) atoms. The van der Waals surface area contributed by atoms with E-state index < -0.39 is 18.4 Å². The van der Waals surface area contributed by atoms with Crippen LogP contribution in [-0.2, 0) is 19.0 Å². The molecule has 0 saturated carbocycles. The Kier molecular flexibility index (Phi) is 5.36. The van der Waals surface area contributed by atoms with Crippen LogP contribution in [-0.4, -0.2) is 18.4 Å². The lowest BCUT2D eigenvalue weighted by molar-refractivity contribution is -0.164.